The lowest BCUT2D eigenvalue weighted by molar-refractivity contribution is 0.393. The monoisotopic (exact) mass is 98.1 g/mol. The first kappa shape index (κ1) is 4.75. The molecule has 7 heavy (non-hydrogen) atoms. The predicted molar refractivity (Wildman–Crippen MR) is 28.1 cm³/mol. The molecule has 0 amide bonds. The van der Waals surface area contributed by atoms with Crippen LogP contribution in [-0.4, -0.2) is 6.17 Å². The van der Waals surface area contributed by atoms with Crippen LogP contribution in [0.25, 0.3) is 0 Å². The van der Waals surface area contributed by atoms with E-state index in [1.807, 2.05) is 0 Å². The van der Waals surface area contributed by atoms with Crippen molar-refractivity contribution in [1.82, 2.24) is 0 Å². The number of rotatable bonds is 0. The van der Waals surface area contributed by atoms with Gasteiger partial charge >= 0.3 is 0 Å². The molecule has 1 rings (SSSR count). The normalized spacial score (nSPS) is 20.4. The molecule has 1 aliphatic rings. The van der Waals surface area contributed by atoms with Crippen molar-refractivity contribution in [2.24, 2.45) is 15.6 Å². The molecule has 40 valence electrons. The fraction of sp³-hybridized carbons (Fsp3) is 1.00. The second-order valence-corrected chi connectivity index (χ2v) is 2.97. The molecule has 0 atom stereocenters. The maximum atomic E-state index is 3.80. The van der Waals surface area contributed by atoms with Crippen LogP contribution in [0.2, 0.25) is 0 Å². The Labute approximate surface area is 43.6 Å². The minimum atomic E-state index is 0.278. The molecule has 0 spiro atoms. The van der Waals surface area contributed by atoms with Crippen LogP contribution >= 0.6 is 0 Å². The summed E-state index contributed by atoms with van der Waals surface area (Å²) >= 11 is 0. The molecule has 0 aliphatic carbocycles. The molecule has 1 aliphatic heterocycles. The minimum absolute atomic E-state index is 0.278. The van der Waals surface area contributed by atoms with E-state index in [1.165, 1.54) is 0 Å². The molecule has 0 fully saturated rings. The molecule has 0 radical (unpaired) electrons. The molecule has 0 bridgehead atoms. The molecule has 2 nitrogen and oxygen atoms in total. The molecule has 0 saturated carbocycles. The van der Waals surface area contributed by atoms with Crippen molar-refractivity contribution in [2.45, 2.75) is 26.9 Å². The third-order valence-corrected chi connectivity index (χ3v) is 1.01. The second kappa shape index (κ2) is 1.05. The van der Waals surface area contributed by atoms with Gasteiger partial charge in [-0.2, -0.15) is 10.2 Å². The zero-order valence-electron chi connectivity index (χ0n) is 4.97. The van der Waals surface area contributed by atoms with Gasteiger partial charge in [0.15, 0.2) is 6.17 Å². The zero-order valence-corrected chi connectivity index (χ0v) is 4.97. The topological polar surface area (TPSA) is 24.7 Å². The molecule has 0 N–H and O–H groups in total. The van der Waals surface area contributed by atoms with Gasteiger partial charge in [-0.15, -0.1) is 0 Å². The molecule has 0 unspecified atom stereocenters. The van der Waals surface area contributed by atoms with Gasteiger partial charge in [-0.05, 0) is 0 Å². The lowest BCUT2D eigenvalue weighted by Crippen LogP contribution is -2.12. The van der Waals surface area contributed by atoms with Crippen molar-refractivity contribution in [3.8, 4) is 0 Å². The number of hydrogen-bond donors (Lipinski definition) is 0. The first-order valence-corrected chi connectivity index (χ1v) is 2.51. The van der Waals surface area contributed by atoms with E-state index in [4.69, 9.17) is 0 Å². The van der Waals surface area contributed by atoms with Crippen LogP contribution in [0.3, 0.4) is 0 Å². The molecule has 0 aromatic carbocycles. The van der Waals surface area contributed by atoms with Gasteiger partial charge in [0.1, 0.15) is 0 Å². The zero-order chi connectivity index (χ0) is 5.49. The Morgan fingerprint density at radius 2 is 1.57 bits per heavy atom. The molecule has 0 aromatic heterocycles. The van der Waals surface area contributed by atoms with E-state index < -0.39 is 0 Å². The van der Waals surface area contributed by atoms with Crippen molar-refractivity contribution in [3.63, 3.8) is 0 Å². The molecular formula is C5H10N2. The van der Waals surface area contributed by atoms with Crippen LogP contribution in [0.1, 0.15) is 20.8 Å². The highest BCUT2D eigenvalue weighted by molar-refractivity contribution is 4.83. The molecule has 2 heteroatoms. The van der Waals surface area contributed by atoms with E-state index in [0.29, 0.717) is 6.17 Å². The molecule has 1 heterocycles. The summed E-state index contributed by atoms with van der Waals surface area (Å²) in [6.45, 7) is 6.41. The first-order valence-electron chi connectivity index (χ1n) is 2.51. The largest absolute Gasteiger partial charge is 0.185 e. The smallest absolute Gasteiger partial charge is 0.162 e. The lowest BCUT2D eigenvalue weighted by atomic mass is 9.95. The Morgan fingerprint density at radius 3 is 1.57 bits per heavy atom. The van der Waals surface area contributed by atoms with Crippen molar-refractivity contribution in [1.29, 1.82) is 0 Å². The van der Waals surface area contributed by atoms with Gasteiger partial charge in [0.25, 0.3) is 0 Å². The highest BCUT2D eigenvalue weighted by Gasteiger charge is 2.30. The van der Waals surface area contributed by atoms with E-state index in [-0.39, 0.29) is 5.41 Å². The van der Waals surface area contributed by atoms with Gasteiger partial charge in [0.05, 0.1) is 0 Å². The summed E-state index contributed by atoms with van der Waals surface area (Å²) in [5.74, 6) is 0. The SMILES string of the molecule is CC(C)(C)C1N=N1. The van der Waals surface area contributed by atoms with Crippen LogP contribution < -0.4 is 0 Å². The highest BCUT2D eigenvalue weighted by Crippen LogP contribution is 2.31. The van der Waals surface area contributed by atoms with Gasteiger partial charge in [-0.3, -0.25) is 0 Å². The summed E-state index contributed by atoms with van der Waals surface area (Å²) in [7, 11) is 0. The van der Waals surface area contributed by atoms with Crippen molar-refractivity contribution in [2.75, 3.05) is 0 Å². The van der Waals surface area contributed by atoms with Crippen LogP contribution in [-0.2, 0) is 0 Å². The Hall–Kier alpha value is -0.400. The summed E-state index contributed by atoms with van der Waals surface area (Å²) in [5.41, 5.74) is 0.278. The molecule has 0 saturated heterocycles. The van der Waals surface area contributed by atoms with Crippen LogP contribution in [0.4, 0.5) is 0 Å². The summed E-state index contributed by atoms with van der Waals surface area (Å²) in [6, 6.07) is 0. The maximum absolute atomic E-state index is 3.80. The fourth-order valence-electron chi connectivity index (χ4n) is 0.380. The third-order valence-electron chi connectivity index (χ3n) is 1.01. The summed E-state index contributed by atoms with van der Waals surface area (Å²) in [4.78, 5) is 0. The minimum Gasteiger partial charge on any atom is -0.162 e. The third kappa shape index (κ3) is 0.981. The average molecular weight is 98.1 g/mol. The molecule has 0 aromatic rings. The quantitative estimate of drug-likeness (QED) is 0.441. The van der Waals surface area contributed by atoms with Crippen LogP contribution in [0, 0.1) is 5.41 Å². The van der Waals surface area contributed by atoms with Gasteiger partial charge in [-0.25, -0.2) is 0 Å². The van der Waals surface area contributed by atoms with Gasteiger partial charge in [-0.1, -0.05) is 20.8 Å². The summed E-state index contributed by atoms with van der Waals surface area (Å²) < 4.78 is 0. The fourth-order valence-corrected chi connectivity index (χ4v) is 0.380. The van der Waals surface area contributed by atoms with Gasteiger partial charge in [0, 0.05) is 5.41 Å². The van der Waals surface area contributed by atoms with E-state index in [2.05, 4.69) is 31.0 Å². The summed E-state index contributed by atoms with van der Waals surface area (Å²) in [6.07, 6.45) is 0.299. The summed E-state index contributed by atoms with van der Waals surface area (Å²) in [5, 5.41) is 7.60. The van der Waals surface area contributed by atoms with Crippen molar-refractivity contribution >= 4 is 0 Å². The standard InChI is InChI=1S/C5H10N2/c1-5(2,3)4-6-7-4/h4H,1-3H3. The van der Waals surface area contributed by atoms with Crippen molar-refractivity contribution in [3.05, 3.63) is 0 Å². The average Bonchev–Trinajstić information content (AvgIpc) is 1.99. The van der Waals surface area contributed by atoms with E-state index in [0.717, 1.165) is 0 Å². The Balaban J connectivity index is 2.38. The molecular weight excluding hydrogens is 88.1 g/mol. The van der Waals surface area contributed by atoms with Crippen LogP contribution in [0.5, 0.6) is 0 Å². The number of nitrogens with zero attached hydrogens (tertiary/aromatic N) is 2. The highest BCUT2D eigenvalue weighted by atomic mass is 15.4. The van der Waals surface area contributed by atoms with Crippen LogP contribution in [0.15, 0.2) is 10.2 Å². The van der Waals surface area contributed by atoms with E-state index in [9.17, 15) is 0 Å². The predicted octanol–water partition coefficient (Wildman–Crippen LogP) is 1.82. The second-order valence-electron chi connectivity index (χ2n) is 2.97. The van der Waals surface area contributed by atoms with E-state index in [1.54, 1.807) is 0 Å². The first-order chi connectivity index (χ1) is 3.11. The number of hydrogen-bond acceptors (Lipinski definition) is 2. The van der Waals surface area contributed by atoms with Gasteiger partial charge < -0.3 is 0 Å². The Morgan fingerprint density at radius 1 is 1.14 bits per heavy atom. The maximum Gasteiger partial charge on any atom is 0.185 e. The van der Waals surface area contributed by atoms with Crippen molar-refractivity contribution < 1.29 is 0 Å². The Kier molecular flexibility index (Phi) is 0.716. The van der Waals surface area contributed by atoms with Gasteiger partial charge in [0.2, 0.25) is 0 Å². The van der Waals surface area contributed by atoms with E-state index >= 15 is 0 Å². The Bertz CT molecular complexity index is 93.1. The lowest BCUT2D eigenvalue weighted by Gasteiger charge is -2.10.